The van der Waals surface area contributed by atoms with Crippen LogP contribution in [0.4, 0.5) is 0 Å². The van der Waals surface area contributed by atoms with E-state index in [4.69, 9.17) is 13.6 Å². The molecule has 0 aliphatic carbocycles. The third-order valence-corrected chi connectivity index (χ3v) is 4.00. The molecule has 0 aliphatic heterocycles. The van der Waals surface area contributed by atoms with Crippen molar-refractivity contribution in [2.75, 3.05) is 0 Å². The van der Waals surface area contributed by atoms with Crippen LogP contribution >= 0.6 is 8.60 Å². The number of carboxylic acid groups (broad SMARTS) is 1. The van der Waals surface area contributed by atoms with E-state index in [1.165, 1.54) is 0 Å². The molecular formula is C16H25O5P. The normalized spacial score (nSPS) is 12.7. The second-order valence-electron chi connectivity index (χ2n) is 6.87. The van der Waals surface area contributed by atoms with Gasteiger partial charge in [-0.05, 0) is 53.2 Å². The van der Waals surface area contributed by atoms with E-state index in [0.717, 1.165) is 0 Å². The van der Waals surface area contributed by atoms with Crippen LogP contribution in [0.2, 0.25) is 0 Å². The lowest BCUT2D eigenvalue weighted by atomic mass is 10.1. The van der Waals surface area contributed by atoms with Crippen molar-refractivity contribution in [1.82, 2.24) is 0 Å². The van der Waals surface area contributed by atoms with E-state index in [2.05, 4.69) is 0 Å². The number of hydrogen-bond acceptors (Lipinski definition) is 4. The molecular weight excluding hydrogens is 303 g/mol. The molecule has 5 nitrogen and oxygen atoms in total. The molecule has 0 unspecified atom stereocenters. The maximum atomic E-state index is 11.2. The van der Waals surface area contributed by atoms with Crippen LogP contribution in [-0.4, -0.2) is 22.3 Å². The highest BCUT2D eigenvalue weighted by Gasteiger charge is 2.27. The summed E-state index contributed by atoms with van der Waals surface area (Å²) in [6, 6.07) is 6.75. The first-order chi connectivity index (χ1) is 9.98. The fourth-order valence-electron chi connectivity index (χ4n) is 1.50. The predicted octanol–water partition coefficient (Wildman–Crippen LogP) is 4.76. The van der Waals surface area contributed by atoms with Crippen molar-refractivity contribution in [3.63, 3.8) is 0 Å². The topological polar surface area (TPSA) is 65.0 Å². The minimum atomic E-state index is -1.59. The van der Waals surface area contributed by atoms with Gasteiger partial charge in [0.1, 0.15) is 0 Å². The second kappa shape index (κ2) is 7.51. The lowest BCUT2D eigenvalue weighted by Crippen LogP contribution is -2.22. The Hall–Kier alpha value is -1.00. The van der Waals surface area contributed by atoms with Crippen molar-refractivity contribution in [2.24, 2.45) is 0 Å². The summed E-state index contributed by atoms with van der Waals surface area (Å²) in [6.45, 7) is 11.6. The number of rotatable bonds is 6. The molecule has 0 spiro atoms. The van der Waals surface area contributed by atoms with Gasteiger partial charge in [-0.25, -0.2) is 4.79 Å². The van der Waals surface area contributed by atoms with Crippen LogP contribution < -0.4 is 0 Å². The van der Waals surface area contributed by atoms with Crippen molar-refractivity contribution >= 4 is 14.6 Å². The lowest BCUT2D eigenvalue weighted by Gasteiger charge is -2.30. The van der Waals surface area contributed by atoms with E-state index in [9.17, 15) is 9.90 Å². The quantitative estimate of drug-likeness (QED) is 0.763. The molecule has 124 valence electrons. The van der Waals surface area contributed by atoms with Gasteiger partial charge in [0.15, 0.2) is 0 Å². The highest BCUT2D eigenvalue weighted by molar-refractivity contribution is 7.41. The van der Waals surface area contributed by atoms with Crippen LogP contribution in [0.25, 0.3) is 0 Å². The minimum absolute atomic E-state index is 0.125. The fourth-order valence-corrected chi connectivity index (χ4v) is 2.78. The Labute approximate surface area is 133 Å². The van der Waals surface area contributed by atoms with Gasteiger partial charge in [0.05, 0.1) is 23.4 Å². The van der Waals surface area contributed by atoms with E-state index < -0.39 is 25.8 Å². The number of carbonyl (C=O) groups is 1. The summed E-state index contributed by atoms with van der Waals surface area (Å²) in [5.41, 5.74) is -0.00603. The van der Waals surface area contributed by atoms with Gasteiger partial charge in [-0.2, -0.15) is 0 Å². The Kier molecular flexibility index (Phi) is 6.50. The van der Waals surface area contributed by atoms with Crippen molar-refractivity contribution in [3.8, 4) is 0 Å². The Bertz CT molecular complexity index is 486. The number of benzene rings is 1. The minimum Gasteiger partial charge on any atom is -0.478 e. The fraction of sp³-hybridized carbons (Fsp3) is 0.562. The first-order valence-corrected chi connectivity index (χ1v) is 8.20. The second-order valence-corrected chi connectivity index (χ2v) is 7.94. The average molecular weight is 328 g/mol. The van der Waals surface area contributed by atoms with Gasteiger partial charge in [0.25, 0.3) is 0 Å². The van der Waals surface area contributed by atoms with Crippen LogP contribution in [-0.2, 0) is 20.2 Å². The molecule has 0 heterocycles. The van der Waals surface area contributed by atoms with Crippen LogP contribution in [0.5, 0.6) is 0 Å². The lowest BCUT2D eigenvalue weighted by molar-refractivity contribution is 0.0303. The van der Waals surface area contributed by atoms with Crippen LogP contribution in [0.15, 0.2) is 24.3 Å². The molecule has 0 radical (unpaired) electrons. The van der Waals surface area contributed by atoms with Gasteiger partial charge in [-0.1, -0.05) is 18.2 Å². The zero-order valence-electron chi connectivity index (χ0n) is 14.0. The zero-order chi connectivity index (χ0) is 17.0. The Morgan fingerprint density at radius 3 is 2.00 bits per heavy atom. The zero-order valence-corrected chi connectivity index (χ0v) is 14.9. The van der Waals surface area contributed by atoms with E-state index in [1.54, 1.807) is 24.3 Å². The molecule has 0 amide bonds. The summed E-state index contributed by atoms with van der Waals surface area (Å²) in [7, 11) is -1.59. The number of aromatic carboxylic acids is 1. The summed E-state index contributed by atoms with van der Waals surface area (Å²) in [6.07, 6.45) is 0. The first kappa shape index (κ1) is 19.0. The molecule has 0 fully saturated rings. The third kappa shape index (κ3) is 7.32. The molecule has 6 heteroatoms. The highest BCUT2D eigenvalue weighted by atomic mass is 31.2. The van der Waals surface area contributed by atoms with Crippen LogP contribution in [0.1, 0.15) is 57.5 Å². The van der Waals surface area contributed by atoms with Gasteiger partial charge in [0, 0.05) is 0 Å². The summed E-state index contributed by atoms with van der Waals surface area (Å²) < 4.78 is 17.3. The molecule has 0 atom stereocenters. The Morgan fingerprint density at radius 2 is 1.55 bits per heavy atom. The Balaban J connectivity index is 2.81. The Morgan fingerprint density at radius 1 is 1.05 bits per heavy atom. The maximum absolute atomic E-state index is 11.2. The molecule has 22 heavy (non-hydrogen) atoms. The predicted molar refractivity (Wildman–Crippen MR) is 86.8 cm³/mol. The van der Waals surface area contributed by atoms with Gasteiger partial charge >= 0.3 is 14.6 Å². The van der Waals surface area contributed by atoms with Crippen molar-refractivity contribution in [3.05, 3.63) is 35.4 Å². The molecule has 1 aromatic carbocycles. The van der Waals surface area contributed by atoms with Crippen LogP contribution in [0.3, 0.4) is 0 Å². The molecule has 0 saturated heterocycles. The SMILES string of the molecule is CC(C)(C)OP(OCc1ccccc1C(=O)O)OC(C)(C)C. The summed E-state index contributed by atoms with van der Waals surface area (Å²) in [5, 5.41) is 9.19. The highest BCUT2D eigenvalue weighted by Crippen LogP contribution is 2.47. The maximum Gasteiger partial charge on any atom is 0.336 e. The summed E-state index contributed by atoms with van der Waals surface area (Å²) in [5.74, 6) is -0.975. The van der Waals surface area contributed by atoms with E-state index in [1.807, 2.05) is 41.5 Å². The van der Waals surface area contributed by atoms with E-state index >= 15 is 0 Å². The van der Waals surface area contributed by atoms with E-state index in [-0.39, 0.29) is 12.2 Å². The molecule has 1 N–H and O–H groups in total. The van der Waals surface area contributed by atoms with Gasteiger partial charge < -0.3 is 18.7 Å². The molecule has 0 aromatic heterocycles. The van der Waals surface area contributed by atoms with Gasteiger partial charge in [-0.3, -0.25) is 0 Å². The first-order valence-electron chi connectivity index (χ1n) is 7.10. The van der Waals surface area contributed by atoms with Crippen molar-refractivity contribution < 1.29 is 23.5 Å². The third-order valence-electron chi connectivity index (χ3n) is 2.27. The monoisotopic (exact) mass is 328 g/mol. The van der Waals surface area contributed by atoms with Crippen LogP contribution in [0, 0.1) is 0 Å². The molecule has 1 aromatic rings. The number of carboxylic acids is 1. The van der Waals surface area contributed by atoms with Crippen molar-refractivity contribution in [1.29, 1.82) is 0 Å². The molecule has 0 saturated carbocycles. The van der Waals surface area contributed by atoms with Crippen molar-refractivity contribution in [2.45, 2.75) is 59.4 Å². The smallest absolute Gasteiger partial charge is 0.336 e. The van der Waals surface area contributed by atoms with Gasteiger partial charge in [0.2, 0.25) is 0 Å². The summed E-state index contributed by atoms with van der Waals surface area (Å²) in [4.78, 5) is 11.2. The summed E-state index contributed by atoms with van der Waals surface area (Å²) >= 11 is 0. The largest absolute Gasteiger partial charge is 0.478 e. The molecule has 0 aliphatic rings. The standard InChI is InChI=1S/C16H25O5P/c1-15(2,3)20-22(21-16(4,5)6)19-11-12-9-7-8-10-13(12)14(17)18/h7-10H,11H2,1-6H3,(H,17,18). The molecule has 0 bridgehead atoms. The van der Waals surface area contributed by atoms with E-state index in [0.29, 0.717) is 5.56 Å². The average Bonchev–Trinajstić information content (AvgIpc) is 2.32. The number of hydrogen-bond donors (Lipinski definition) is 1. The van der Waals surface area contributed by atoms with Gasteiger partial charge in [-0.15, -0.1) is 0 Å². The molecule has 1 rings (SSSR count).